The summed E-state index contributed by atoms with van der Waals surface area (Å²) in [5.74, 6) is -1.81. The average Bonchev–Trinajstić information content (AvgIpc) is 2.38. The van der Waals surface area contributed by atoms with Crippen LogP contribution in [-0.2, 0) is 9.59 Å². The molecule has 7 nitrogen and oxygen atoms in total. The number of aliphatic carboxylic acids is 1. The van der Waals surface area contributed by atoms with E-state index in [9.17, 15) is 14.4 Å². The molecule has 21 heavy (non-hydrogen) atoms. The minimum Gasteiger partial charge on any atom is -0.481 e. The number of carbonyl (C=O) groups excluding carboxylic acids is 2. The van der Waals surface area contributed by atoms with Crippen molar-refractivity contribution in [1.29, 1.82) is 5.26 Å². The monoisotopic (exact) mass is 289 g/mol. The number of amides is 3. The third-order valence-electron chi connectivity index (χ3n) is 2.71. The Balaban J connectivity index is 2.55. The number of nitrogens with one attached hydrogen (secondary N) is 2. The third kappa shape index (κ3) is 4.95. The van der Waals surface area contributed by atoms with Crippen LogP contribution in [0.5, 0.6) is 0 Å². The van der Waals surface area contributed by atoms with Gasteiger partial charge in [-0.1, -0.05) is 0 Å². The number of nitrogens with zero attached hydrogens (tertiary/aromatic N) is 1. The molecule has 0 heterocycles. The number of rotatable bonds is 4. The van der Waals surface area contributed by atoms with Gasteiger partial charge in [0.2, 0.25) is 5.91 Å². The quantitative estimate of drug-likeness (QED) is 0.779. The van der Waals surface area contributed by atoms with E-state index < -0.39 is 23.3 Å². The normalized spacial score (nSPS) is 10.3. The predicted octanol–water partition coefficient (Wildman–Crippen LogP) is 1.71. The van der Waals surface area contributed by atoms with Gasteiger partial charge < -0.3 is 10.4 Å². The fraction of sp³-hybridized carbons (Fsp3) is 0.286. The number of urea groups is 1. The highest BCUT2D eigenvalue weighted by Gasteiger charge is 2.30. The molecular weight excluding hydrogens is 274 g/mol. The summed E-state index contributed by atoms with van der Waals surface area (Å²) < 4.78 is 0. The fourth-order valence-corrected chi connectivity index (χ4v) is 1.44. The molecular formula is C14H15N3O4. The van der Waals surface area contributed by atoms with E-state index in [1.54, 1.807) is 0 Å². The second-order valence-corrected chi connectivity index (χ2v) is 5.06. The van der Waals surface area contributed by atoms with Crippen molar-refractivity contribution in [3.05, 3.63) is 29.8 Å². The van der Waals surface area contributed by atoms with E-state index in [2.05, 4.69) is 10.6 Å². The molecule has 3 N–H and O–H groups in total. The highest BCUT2D eigenvalue weighted by molar-refractivity contribution is 6.02. The lowest BCUT2D eigenvalue weighted by Crippen LogP contribution is -2.38. The summed E-state index contributed by atoms with van der Waals surface area (Å²) in [6.45, 7) is 2.79. The number of nitriles is 1. The van der Waals surface area contributed by atoms with Crippen molar-refractivity contribution in [1.82, 2.24) is 5.32 Å². The lowest BCUT2D eigenvalue weighted by Gasteiger charge is -2.17. The molecule has 0 fully saturated rings. The number of carboxylic acids is 1. The molecule has 0 bridgehead atoms. The summed E-state index contributed by atoms with van der Waals surface area (Å²) >= 11 is 0. The number of hydrogen-bond donors (Lipinski definition) is 3. The molecule has 0 radical (unpaired) electrons. The Kier molecular flexibility index (Phi) is 5.02. The number of anilines is 1. The summed E-state index contributed by atoms with van der Waals surface area (Å²) in [4.78, 5) is 34.1. The molecule has 0 saturated heterocycles. The molecule has 7 heteroatoms. The zero-order valence-electron chi connectivity index (χ0n) is 11.6. The molecule has 110 valence electrons. The van der Waals surface area contributed by atoms with E-state index in [1.165, 1.54) is 38.1 Å². The van der Waals surface area contributed by atoms with E-state index in [0.29, 0.717) is 11.3 Å². The van der Waals surface area contributed by atoms with E-state index in [0.717, 1.165) is 0 Å². The largest absolute Gasteiger partial charge is 0.481 e. The van der Waals surface area contributed by atoms with Gasteiger partial charge in [-0.05, 0) is 38.1 Å². The smallest absolute Gasteiger partial charge is 0.325 e. The topological polar surface area (TPSA) is 119 Å². The number of hydrogen-bond acceptors (Lipinski definition) is 4. The maximum absolute atomic E-state index is 11.6. The Bertz CT molecular complexity index is 600. The van der Waals surface area contributed by atoms with E-state index >= 15 is 0 Å². The van der Waals surface area contributed by atoms with Crippen molar-refractivity contribution in [2.24, 2.45) is 5.41 Å². The van der Waals surface area contributed by atoms with Crippen molar-refractivity contribution >= 4 is 23.6 Å². The highest BCUT2D eigenvalue weighted by Crippen LogP contribution is 2.20. The van der Waals surface area contributed by atoms with Gasteiger partial charge in [-0.15, -0.1) is 0 Å². The van der Waals surface area contributed by atoms with Gasteiger partial charge in [0.1, 0.15) is 0 Å². The standard InChI is InChI=1S/C14H15N3O4/c1-14(2,12(19)20)7-11(18)17-13(21)16-10-5-3-9(8-15)4-6-10/h3-6H,7H2,1-2H3,(H,19,20)(H2,16,17,18,21). The Morgan fingerprint density at radius 2 is 1.81 bits per heavy atom. The van der Waals surface area contributed by atoms with Crippen molar-refractivity contribution in [3.63, 3.8) is 0 Å². The van der Waals surface area contributed by atoms with Crippen LogP contribution in [0.15, 0.2) is 24.3 Å². The van der Waals surface area contributed by atoms with Gasteiger partial charge in [-0.25, -0.2) is 4.79 Å². The minimum absolute atomic E-state index is 0.316. The molecule has 0 unspecified atom stereocenters. The molecule has 0 aromatic heterocycles. The van der Waals surface area contributed by atoms with Gasteiger partial charge in [-0.2, -0.15) is 5.26 Å². The minimum atomic E-state index is -1.25. The van der Waals surface area contributed by atoms with E-state index in [4.69, 9.17) is 10.4 Å². The van der Waals surface area contributed by atoms with Crippen LogP contribution in [0.1, 0.15) is 25.8 Å². The Morgan fingerprint density at radius 1 is 1.24 bits per heavy atom. The van der Waals surface area contributed by atoms with Gasteiger partial charge in [0.05, 0.1) is 17.0 Å². The number of benzene rings is 1. The van der Waals surface area contributed by atoms with E-state index in [1.807, 2.05) is 6.07 Å². The van der Waals surface area contributed by atoms with Crippen molar-refractivity contribution in [2.75, 3.05) is 5.32 Å². The van der Waals surface area contributed by atoms with Crippen LogP contribution in [0.3, 0.4) is 0 Å². The maximum Gasteiger partial charge on any atom is 0.325 e. The molecule has 0 aliphatic carbocycles. The lowest BCUT2D eigenvalue weighted by molar-refractivity contribution is -0.149. The number of carboxylic acid groups (broad SMARTS) is 1. The highest BCUT2D eigenvalue weighted by atomic mass is 16.4. The lowest BCUT2D eigenvalue weighted by atomic mass is 9.89. The molecule has 1 aromatic rings. The van der Waals surface area contributed by atoms with Crippen LogP contribution in [0.25, 0.3) is 0 Å². The Hall–Kier alpha value is -2.88. The second kappa shape index (κ2) is 6.52. The summed E-state index contributed by atoms with van der Waals surface area (Å²) in [6, 6.07) is 7.25. The number of carbonyl (C=O) groups is 3. The second-order valence-electron chi connectivity index (χ2n) is 5.06. The maximum atomic E-state index is 11.6. The van der Waals surface area contributed by atoms with Crippen LogP contribution in [-0.4, -0.2) is 23.0 Å². The first-order chi connectivity index (χ1) is 9.74. The third-order valence-corrected chi connectivity index (χ3v) is 2.71. The summed E-state index contributed by atoms with van der Waals surface area (Å²) in [5.41, 5.74) is -0.393. The number of imide groups is 1. The van der Waals surface area contributed by atoms with Gasteiger partial charge >= 0.3 is 12.0 Å². The van der Waals surface area contributed by atoms with Crippen LogP contribution in [0, 0.1) is 16.7 Å². The molecule has 0 spiro atoms. The van der Waals surface area contributed by atoms with Gasteiger partial charge in [0, 0.05) is 12.1 Å². The van der Waals surface area contributed by atoms with E-state index in [-0.39, 0.29) is 6.42 Å². The first-order valence-corrected chi connectivity index (χ1v) is 6.09. The first kappa shape index (κ1) is 16.2. The zero-order valence-corrected chi connectivity index (χ0v) is 11.6. The predicted molar refractivity (Wildman–Crippen MR) is 74.4 cm³/mol. The summed E-state index contributed by atoms with van der Waals surface area (Å²) in [6.07, 6.45) is -0.316. The van der Waals surface area contributed by atoms with Gasteiger partial charge in [0.25, 0.3) is 0 Å². The zero-order chi connectivity index (χ0) is 16.0. The van der Waals surface area contributed by atoms with Crippen LogP contribution < -0.4 is 10.6 Å². The average molecular weight is 289 g/mol. The Morgan fingerprint density at radius 3 is 2.29 bits per heavy atom. The van der Waals surface area contributed by atoms with Crippen molar-refractivity contribution < 1.29 is 19.5 Å². The molecule has 0 saturated carbocycles. The molecule has 1 aromatic carbocycles. The fourth-order valence-electron chi connectivity index (χ4n) is 1.44. The summed E-state index contributed by atoms with van der Waals surface area (Å²) in [7, 11) is 0. The molecule has 0 atom stereocenters. The van der Waals surface area contributed by atoms with Gasteiger partial charge in [-0.3, -0.25) is 14.9 Å². The van der Waals surface area contributed by atoms with Crippen molar-refractivity contribution in [2.45, 2.75) is 20.3 Å². The first-order valence-electron chi connectivity index (χ1n) is 6.09. The molecule has 1 rings (SSSR count). The van der Waals surface area contributed by atoms with Crippen LogP contribution >= 0.6 is 0 Å². The van der Waals surface area contributed by atoms with Crippen LogP contribution in [0.2, 0.25) is 0 Å². The Labute approximate surface area is 121 Å². The van der Waals surface area contributed by atoms with Crippen LogP contribution in [0.4, 0.5) is 10.5 Å². The van der Waals surface area contributed by atoms with Gasteiger partial charge in [0.15, 0.2) is 0 Å². The molecule has 0 aliphatic heterocycles. The summed E-state index contributed by atoms with van der Waals surface area (Å²) in [5, 5.41) is 22.0. The molecule has 3 amide bonds. The SMILES string of the molecule is CC(C)(CC(=O)NC(=O)Nc1ccc(C#N)cc1)C(=O)O. The van der Waals surface area contributed by atoms with Crippen molar-refractivity contribution in [3.8, 4) is 6.07 Å². The molecule has 0 aliphatic rings.